The number of likely N-dealkylation sites (N-methyl/N-ethyl adjacent to an activating group) is 1. The van der Waals surface area contributed by atoms with E-state index in [0.29, 0.717) is 6.61 Å². The summed E-state index contributed by atoms with van der Waals surface area (Å²) >= 11 is 0. The molecule has 0 radical (unpaired) electrons. The molecule has 3 rings (SSSR count). The van der Waals surface area contributed by atoms with Crippen molar-refractivity contribution in [1.82, 2.24) is 10.2 Å². The molecule has 0 spiro atoms. The Morgan fingerprint density at radius 2 is 1.89 bits per heavy atom. The van der Waals surface area contributed by atoms with Gasteiger partial charge in [0.05, 0.1) is 13.2 Å². The number of benzene rings is 2. The van der Waals surface area contributed by atoms with Crippen LogP contribution in [0.1, 0.15) is 42.1 Å². The molecule has 1 N–H and O–H groups in total. The van der Waals surface area contributed by atoms with E-state index in [2.05, 4.69) is 36.2 Å². The first kappa shape index (κ1) is 20.6. The van der Waals surface area contributed by atoms with Crippen LogP contribution in [0.3, 0.4) is 0 Å². The Balaban J connectivity index is 1.89. The summed E-state index contributed by atoms with van der Waals surface area (Å²) in [6, 6.07) is 9.30. The van der Waals surface area contributed by atoms with E-state index in [0.717, 1.165) is 60.8 Å². The van der Waals surface area contributed by atoms with Crippen LogP contribution < -0.4 is 14.8 Å². The zero-order chi connectivity index (χ0) is 20.1. The normalized spacial score (nSPS) is 16.1. The summed E-state index contributed by atoms with van der Waals surface area (Å²) in [5.41, 5.74) is 4.22. The van der Waals surface area contributed by atoms with Crippen LogP contribution in [-0.2, 0) is 6.42 Å². The molecule has 0 saturated carbocycles. The summed E-state index contributed by atoms with van der Waals surface area (Å²) in [5.74, 6) is 1.30. The third-order valence-corrected chi connectivity index (χ3v) is 5.44. The Kier molecular flexibility index (Phi) is 6.92. The van der Waals surface area contributed by atoms with Crippen LogP contribution in [0.25, 0.3) is 0 Å². The highest BCUT2D eigenvalue weighted by atomic mass is 19.1. The first-order valence-electron chi connectivity index (χ1n) is 10.1. The topological polar surface area (TPSA) is 33.7 Å². The van der Waals surface area contributed by atoms with Gasteiger partial charge in [0.1, 0.15) is 12.4 Å². The molecule has 28 heavy (non-hydrogen) atoms. The highest BCUT2D eigenvalue weighted by Gasteiger charge is 2.24. The third-order valence-electron chi connectivity index (χ3n) is 5.44. The minimum atomic E-state index is -0.201. The van der Waals surface area contributed by atoms with Gasteiger partial charge in [0.2, 0.25) is 0 Å². The van der Waals surface area contributed by atoms with E-state index in [1.165, 1.54) is 5.56 Å². The molecule has 1 atom stereocenters. The van der Waals surface area contributed by atoms with Gasteiger partial charge in [0.15, 0.2) is 11.5 Å². The second kappa shape index (κ2) is 9.39. The van der Waals surface area contributed by atoms with Crippen molar-refractivity contribution >= 4 is 0 Å². The number of hydrogen-bond acceptors (Lipinski definition) is 4. The third kappa shape index (κ3) is 4.65. The van der Waals surface area contributed by atoms with Crippen LogP contribution in [0, 0.1) is 12.7 Å². The fraction of sp³-hybridized carbons (Fsp3) is 0.478. The Bertz CT molecular complexity index is 785. The van der Waals surface area contributed by atoms with E-state index in [1.807, 2.05) is 13.0 Å². The molecule has 1 aliphatic rings. The van der Waals surface area contributed by atoms with Crippen molar-refractivity contribution in [2.45, 2.75) is 33.2 Å². The first-order chi connectivity index (χ1) is 13.5. The maximum atomic E-state index is 14.0. The maximum Gasteiger partial charge on any atom is 0.161 e. The molecule has 0 aromatic heterocycles. The Hall–Kier alpha value is -2.11. The molecule has 1 aliphatic heterocycles. The second-order valence-electron chi connectivity index (χ2n) is 7.28. The van der Waals surface area contributed by atoms with Crippen LogP contribution >= 0.6 is 0 Å². The summed E-state index contributed by atoms with van der Waals surface area (Å²) in [6.07, 6.45) is 0.913. The molecule has 152 valence electrons. The highest BCUT2D eigenvalue weighted by Crippen LogP contribution is 2.37. The fourth-order valence-corrected chi connectivity index (χ4v) is 3.89. The highest BCUT2D eigenvalue weighted by molar-refractivity contribution is 5.51. The van der Waals surface area contributed by atoms with Gasteiger partial charge in [-0.1, -0.05) is 19.9 Å². The number of nitrogens with one attached hydrogen (secondary N) is 1. The van der Waals surface area contributed by atoms with Crippen LogP contribution in [0.5, 0.6) is 11.5 Å². The van der Waals surface area contributed by atoms with Crippen LogP contribution in [-0.4, -0.2) is 44.8 Å². The average Bonchev–Trinajstić information content (AvgIpc) is 2.69. The van der Waals surface area contributed by atoms with Crippen LogP contribution in [0.4, 0.5) is 4.39 Å². The zero-order valence-electron chi connectivity index (χ0n) is 17.3. The molecular formula is C23H31FN2O2. The molecule has 4 nitrogen and oxygen atoms in total. The molecule has 1 unspecified atom stereocenters. The monoisotopic (exact) mass is 386 g/mol. The number of fused-ring (bicyclic) bond motifs is 1. The minimum absolute atomic E-state index is 0.0470. The lowest BCUT2D eigenvalue weighted by Crippen LogP contribution is -2.31. The quantitative estimate of drug-likeness (QED) is 0.741. The molecule has 0 aliphatic carbocycles. The lowest BCUT2D eigenvalue weighted by atomic mass is 9.89. The number of ether oxygens (including phenoxy) is 2. The van der Waals surface area contributed by atoms with E-state index < -0.39 is 0 Å². The standard InChI is InChI=1S/C23H31FN2O2/c1-5-26(6-2)9-10-28-22-15-20-17(14-21(22)27-4)7-8-25-23(20)18-11-16(3)12-19(24)13-18/h11-15,23,25H,5-10H2,1-4H3. The molecule has 5 heteroatoms. The van der Waals surface area contributed by atoms with Crippen molar-refractivity contribution in [3.8, 4) is 11.5 Å². The minimum Gasteiger partial charge on any atom is -0.493 e. The molecule has 0 saturated heterocycles. The van der Waals surface area contributed by atoms with E-state index in [1.54, 1.807) is 19.2 Å². The van der Waals surface area contributed by atoms with Gasteiger partial charge in [-0.15, -0.1) is 0 Å². The lowest BCUT2D eigenvalue weighted by molar-refractivity contribution is 0.217. The van der Waals surface area contributed by atoms with Crippen LogP contribution in [0.2, 0.25) is 0 Å². The number of halogens is 1. The number of methoxy groups -OCH3 is 1. The summed E-state index contributed by atoms with van der Waals surface area (Å²) < 4.78 is 25.7. The van der Waals surface area contributed by atoms with Crippen LogP contribution in [0.15, 0.2) is 30.3 Å². The van der Waals surface area contributed by atoms with Crippen molar-refractivity contribution in [3.05, 3.63) is 58.4 Å². The van der Waals surface area contributed by atoms with Gasteiger partial charge in [-0.25, -0.2) is 4.39 Å². The van der Waals surface area contributed by atoms with Crippen molar-refractivity contribution in [2.24, 2.45) is 0 Å². The number of hydrogen-bond donors (Lipinski definition) is 1. The zero-order valence-corrected chi connectivity index (χ0v) is 17.3. The number of aryl methyl sites for hydroxylation is 1. The van der Waals surface area contributed by atoms with Gasteiger partial charge < -0.3 is 19.7 Å². The van der Waals surface area contributed by atoms with Gasteiger partial charge >= 0.3 is 0 Å². The Labute approximate surface area is 167 Å². The predicted molar refractivity (Wildman–Crippen MR) is 111 cm³/mol. The molecular weight excluding hydrogens is 355 g/mol. The number of nitrogens with zero attached hydrogens (tertiary/aromatic N) is 1. The fourth-order valence-electron chi connectivity index (χ4n) is 3.89. The molecule has 0 amide bonds. The largest absolute Gasteiger partial charge is 0.493 e. The van der Waals surface area contributed by atoms with E-state index in [-0.39, 0.29) is 11.9 Å². The maximum absolute atomic E-state index is 14.0. The smallest absolute Gasteiger partial charge is 0.161 e. The number of rotatable bonds is 8. The first-order valence-corrected chi connectivity index (χ1v) is 10.1. The van der Waals surface area contributed by atoms with E-state index >= 15 is 0 Å². The van der Waals surface area contributed by atoms with Crippen molar-refractivity contribution in [3.63, 3.8) is 0 Å². The van der Waals surface area contributed by atoms with Gasteiger partial charge in [0, 0.05) is 13.1 Å². The van der Waals surface area contributed by atoms with E-state index in [9.17, 15) is 4.39 Å². The van der Waals surface area contributed by atoms with Gasteiger partial charge in [-0.05, 0) is 73.0 Å². The van der Waals surface area contributed by atoms with Gasteiger partial charge in [0.25, 0.3) is 0 Å². The SMILES string of the molecule is CCN(CC)CCOc1cc2c(cc1OC)CCNC2c1cc(C)cc(F)c1. The molecule has 2 aromatic rings. The van der Waals surface area contributed by atoms with Crippen molar-refractivity contribution < 1.29 is 13.9 Å². The molecule has 2 aromatic carbocycles. The van der Waals surface area contributed by atoms with Gasteiger partial charge in [-0.2, -0.15) is 0 Å². The summed E-state index contributed by atoms with van der Waals surface area (Å²) in [7, 11) is 1.67. The van der Waals surface area contributed by atoms with Crippen molar-refractivity contribution in [1.29, 1.82) is 0 Å². The average molecular weight is 387 g/mol. The summed E-state index contributed by atoms with van der Waals surface area (Å²) in [4.78, 5) is 2.32. The van der Waals surface area contributed by atoms with Gasteiger partial charge in [-0.3, -0.25) is 0 Å². The van der Waals surface area contributed by atoms with E-state index in [4.69, 9.17) is 9.47 Å². The molecule has 0 bridgehead atoms. The predicted octanol–water partition coefficient (Wildman–Crippen LogP) is 4.10. The molecule has 0 fully saturated rings. The Morgan fingerprint density at radius 1 is 1.11 bits per heavy atom. The second-order valence-corrected chi connectivity index (χ2v) is 7.28. The Morgan fingerprint density at radius 3 is 2.57 bits per heavy atom. The summed E-state index contributed by atoms with van der Waals surface area (Å²) in [5, 5.41) is 3.53. The molecule has 1 heterocycles. The van der Waals surface area contributed by atoms with Crippen molar-refractivity contribution in [2.75, 3.05) is 39.9 Å². The summed E-state index contributed by atoms with van der Waals surface area (Å²) in [6.45, 7) is 10.6. The lowest BCUT2D eigenvalue weighted by Gasteiger charge is -2.29.